The Bertz CT molecular complexity index is 661. The van der Waals surface area contributed by atoms with Gasteiger partial charge in [-0.15, -0.1) is 0 Å². The molecular formula is C15H21BrN2O3S. The lowest BCUT2D eigenvalue weighted by molar-refractivity contribution is -0.119. The van der Waals surface area contributed by atoms with Gasteiger partial charge in [-0.3, -0.25) is 4.79 Å². The summed E-state index contributed by atoms with van der Waals surface area (Å²) >= 11 is 3.42. The molecule has 1 saturated heterocycles. The highest BCUT2D eigenvalue weighted by atomic mass is 79.9. The number of sulfonamides is 1. The maximum absolute atomic E-state index is 12.5. The van der Waals surface area contributed by atoms with Crippen LogP contribution >= 0.6 is 15.9 Å². The second kappa shape index (κ2) is 7.10. The van der Waals surface area contributed by atoms with Gasteiger partial charge in [-0.1, -0.05) is 13.0 Å². The second-order valence-electron chi connectivity index (χ2n) is 5.56. The molecule has 5 nitrogen and oxygen atoms in total. The molecule has 7 heteroatoms. The van der Waals surface area contributed by atoms with Gasteiger partial charge in [0.15, 0.2) is 0 Å². The number of halogens is 1. The Kier molecular flexibility index (Phi) is 5.63. The van der Waals surface area contributed by atoms with Crippen LogP contribution in [-0.4, -0.2) is 37.0 Å². The average molecular weight is 389 g/mol. The van der Waals surface area contributed by atoms with Crippen LogP contribution in [0.4, 0.5) is 5.69 Å². The molecule has 0 bridgehead atoms. The van der Waals surface area contributed by atoms with Gasteiger partial charge >= 0.3 is 0 Å². The fraction of sp³-hybridized carbons (Fsp3) is 0.533. The number of amides is 1. The van der Waals surface area contributed by atoms with Crippen LogP contribution in [0, 0.1) is 6.92 Å². The lowest BCUT2D eigenvalue weighted by atomic mass is 10.2. The maximum atomic E-state index is 12.5. The third kappa shape index (κ3) is 3.88. The topological polar surface area (TPSA) is 66.5 Å². The standard InChI is InChI=1S/C15H21BrN2O3S/c1-3-9-22(20,21)18-8-4-5-14(18)15(19)17-13-7-6-11(2)10-12(13)16/h6-7,10,14H,3-5,8-9H2,1-2H3,(H,17,19)/t14-/m1/s1. The number of hydrogen-bond acceptors (Lipinski definition) is 3. The predicted molar refractivity (Wildman–Crippen MR) is 91.3 cm³/mol. The zero-order chi connectivity index (χ0) is 16.3. The Hall–Kier alpha value is -0.920. The van der Waals surface area contributed by atoms with E-state index in [9.17, 15) is 13.2 Å². The Morgan fingerprint density at radius 3 is 2.82 bits per heavy atom. The lowest BCUT2D eigenvalue weighted by Crippen LogP contribution is -2.44. The average Bonchev–Trinajstić information content (AvgIpc) is 2.92. The highest BCUT2D eigenvalue weighted by molar-refractivity contribution is 9.10. The van der Waals surface area contributed by atoms with Crippen molar-refractivity contribution in [3.63, 3.8) is 0 Å². The quantitative estimate of drug-likeness (QED) is 0.842. The van der Waals surface area contributed by atoms with E-state index >= 15 is 0 Å². The molecule has 0 saturated carbocycles. The Labute approximate surface area is 140 Å². The van der Waals surface area contributed by atoms with Crippen LogP contribution in [0.15, 0.2) is 22.7 Å². The van der Waals surface area contributed by atoms with Crippen molar-refractivity contribution < 1.29 is 13.2 Å². The van der Waals surface area contributed by atoms with Crippen molar-refractivity contribution in [2.24, 2.45) is 0 Å². The first-order valence-corrected chi connectivity index (χ1v) is 9.82. The highest BCUT2D eigenvalue weighted by Crippen LogP contribution is 2.26. The predicted octanol–water partition coefficient (Wildman–Crippen LogP) is 2.90. The number of carbonyl (C=O) groups excluding carboxylic acids is 1. The minimum Gasteiger partial charge on any atom is -0.324 e. The minimum atomic E-state index is -3.35. The van der Waals surface area contributed by atoms with Crippen molar-refractivity contribution in [2.75, 3.05) is 17.6 Å². The number of benzene rings is 1. The molecule has 1 aromatic rings. The zero-order valence-corrected chi connectivity index (χ0v) is 15.2. The Balaban J connectivity index is 2.14. The molecule has 1 atom stereocenters. The van der Waals surface area contributed by atoms with Gasteiger partial charge in [0.25, 0.3) is 0 Å². The monoisotopic (exact) mass is 388 g/mol. The van der Waals surface area contributed by atoms with Gasteiger partial charge in [-0.05, 0) is 59.8 Å². The molecule has 1 heterocycles. The summed E-state index contributed by atoms with van der Waals surface area (Å²) in [6, 6.07) is 5.03. The van der Waals surface area contributed by atoms with E-state index < -0.39 is 16.1 Å². The molecule has 1 amide bonds. The molecule has 1 aliphatic rings. The zero-order valence-electron chi connectivity index (χ0n) is 12.8. The molecule has 1 aliphatic heterocycles. The van der Waals surface area contributed by atoms with E-state index in [4.69, 9.17) is 0 Å². The molecule has 2 rings (SSSR count). The number of nitrogens with zero attached hydrogens (tertiary/aromatic N) is 1. The summed E-state index contributed by atoms with van der Waals surface area (Å²) in [5.41, 5.74) is 1.74. The van der Waals surface area contributed by atoms with Gasteiger partial charge in [-0.25, -0.2) is 8.42 Å². The van der Waals surface area contributed by atoms with E-state index in [1.165, 1.54) is 4.31 Å². The number of rotatable bonds is 5. The van der Waals surface area contributed by atoms with Crippen molar-refractivity contribution in [2.45, 2.75) is 39.2 Å². The second-order valence-corrected chi connectivity index (χ2v) is 8.45. The molecular weight excluding hydrogens is 368 g/mol. The van der Waals surface area contributed by atoms with Gasteiger partial charge in [0.05, 0.1) is 11.4 Å². The number of aryl methyl sites for hydroxylation is 1. The lowest BCUT2D eigenvalue weighted by Gasteiger charge is -2.23. The summed E-state index contributed by atoms with van der Waals surface area (Å²) in [6.07, 6.45) is 1.84. The van der Waals surface area contributed by atoms with E-state index in [1.807, 2.05) is 32.0 Å². The van der Waals surface area contributed by atoms with Crippen LogP contribution in [0.1, 0.15) is 31.7 Å². The summed E-state index contributed by atoms with van der Waals surface area (Å²) in [5, 5.41) is 2.83. The first kappa shape index (κ1) is 17.4. The van der Waals surface area contributed by atoms with Gasteiger partial charge < -0.3 is 5.32 Å². The normalized spacial score (nSPS) is 19.3. The molecule has 0 aliphatic carbocycles. The van der Waals surface area contributed by atoms with Gasteiger partial charge in [-0.2, -0.15) is 4.31 Å². The first-order chi connectivity index (χ1) is 10.3. The van der Waals surface area contributed by atoms with Crippen LogP contribution < -0.4 is 5.32 Å². The van der Waals surface area contributed by atoms with E-state index in [1.54, 1.807) is 0 Å². The van der Waals surface area contributed by atoms with E-state index in [0.717, 1.165) is 16.5 Å². The number of carbonyl (C=O) groups is 1. The summed E-state index contributed by atoms with van der Waals surface area (Å²) in [7, 11) is -3.35. The van der Waals surface area contributed by atoms with Gasteiger partial charge in [0.2, 0.25) is 15.9 Å². The molecule has 1 fully saturated rings. The van der Waals surface area contributed by atoms with Gasteiger partial charge in [0.1, 0.15) is 6.04 Å². The summed E-state index contributed by atoms with van der Waals surface area (Å²) in [4.78, 5) is 12.5. The van der Waals surface area contributed by atoms with Crippen molar-refractivity contribution >= 4 is 37.5 Å². The fourth-order valence-corrected chi connectivity index (χ4v) is 4.99. The third-order valence-corrected chi connectivity index (χ3v) is 6.44. The largest absolute Gasteiger partial charge is 0.324 e. The summed E-state index contributed by atoms with van der Waals surface area (Å²) in [5.74, 6) is -0.174. The van der Waals surface area contributed by atoms with Crippen molar-refractivity contribution in [3.05, 3.63) is 28.2 Å². The Morgan fingerprint density at radius 1 is 1.45 bits per heavy atom. The minimum absolute atomic E-state index is 0.0883. The Morgan fingerprint density at radius 2 is 2.18 bits per heavy atom. The molecule has 1 aromatic carbocycles. The molecule has 1 N–H and O–H groups in total. The van der Waals surface area contributed by atoms with Crippen LogP contribution in [-0.2, 0) is 14.8 Å². The molecule has 22 heavy (non-hydrogen) atoms. The number of nitrogens with one attached hydrogen (secondary N) is 1. The third-order valence-electron chi connectivity index (χ3n) is 3.71. The van der Waals surface area contributed by atoms with Crippen LogP contribution in [0.25, 0.3) is 0 Å². The van der Waals surface area contributed by atoms with Crippen molar-refractivity contribution in [1.82, 2.24) is 4.31 Å². The number of anilines is 1. The van der Waals surface area contributed by atoms with E-state index in [0.29, 0.717) is 25.1 Å². The van der Waals surface area contributed by atoms with Crippen molar-refractivity contribution in [3.8, 4) is 0 Å². The first-order valence-electron chi connectivity index (χ1n) is 7.41. The van der Waals surface area contributed by atoms with Gasteiger partial charge in [0, 0.05) is 11.0 Å². The number of hydrogen-bond donors (Lipinski definition) is 1. The fourth-order valence-electron chi connectivity index (χ4n) is 2.65. The summed E-state index contributed by atoms with van der Waals surface area (Å²) in [6.45, 7) is 4.22. The van der Waals surface area contributed by atoms with Crippen LogP contribution in [0.3, 0.4) is 0 Å². The molecule has 122 valence electrons. The van der Waals surface area contributed by atoms with Crippen LogP contribution in [0.5, 0.6) is 0 Å². The molecule has 0 radical (unpaired) electrons. The smallest absolute Gasteiger partial charge is 0.242 e. The molecule has 0 aromatic heterocycles. The SMILES string of the molecule is CCCS(=O)(=O)N1CCC[C@@H]1C(=O)Nc1ccc(C)cc1Br. The maximum Gasteiger partial charge on any atom is 0.242 e. The molecule has 0 unspecified atom stereocenters. The van der Waals surface area contributed by atoms with Crippen molar-refractivity contribution in [1.29, 1.82) is 0 Å². The highest BCUT2D eigenvalue weighted by Gasteiger charge is 2.38. The van der Waals surface area contributed by atoms with Crippen LogP contribution in [0.2, 0.25) is 0 Å². The van der Waals surface area contributed by atoms with E-state index in [2.05, 4.69) is 21.2 Å². The molecule has 0 spiro atoms. The van der Waals surface area contributed by atoms with E-state index in [-0.39, 0.29) is 11.7 Å². The summed E-state index contributed by atoms with van der Waals surface area (Å²) < 4.78 is 26.6.